The minimum absolute atomic E-state index is 0.549. The first-order chi connectivity index (χ1) is 9.78. The summed E-state index contributed by atoms with van der Waals surface area (Å²) in [5.41, 5.74) is 1.08. The normalized spacial score (nSPS) is 14.3. The molecule has 0 amide bonds. The summed E-state index contributed by atoms with van der Waals surface area (Å²) in [7, 11) is 0. The largest absolute Gasteiger partial charge is 0.370 e. The molecule has 0 atom stereocenters. The Kier molecular flexibility index (Phi) is 3.82. The lowest BCUT2D eigenvalue weighted by Crippen LogP contribution is -2.10. The van der Waals surface area contributed by atoms with E-state index in [1.54, 1.807) is 11.3 Å². The van der Waals surface area contributed by atoms with Crippen LogP contribution in [0.4, 0.5) is 11.6 Å². The Balaban J connectivity index is 1.83. The van der Waals surface area contributed by atoms with E-state index in [1.807, 2.05) is 11.6 Å². The second-order valence-corrected chi connectivity index (χ2v) is 5.97. The zero-order valence-electron chi connectivity index (χ0n) is 11.8. The van der Waals surface area contributed by atoms with Gasteiger partial charge in [-0.2, -0.15) is 0 Å². The summed E-state index contributed by atoms with van der Waals surface area (Å²) >= 11 is 1.65. The van der Waals surface area contributed by atoms with E-state index in [2.05, 4.69) is 34.4 Å². The van der Waals surface area contributed by atoms with Crippen LogP contribution in [0.5, 0.6) is 0 Å². The van der Waals surface area contributed by atoms with Crippen molar-refractivity contribution in [3.8, 4) is 0 Å². The van der Waals surface area contributed by atoms with E-state index in [0.717, 1.165) is 34.6 Å². The van der Waals surface area contributed by atoms with Crippen LogP contribution < -0.4 is 10.6 Å². The van der Waals surface area contributed by atoms with Gasteiger partial charge in [0, 0.05) is 29.6 Å². The molecule has 20 heavy (non-hydrogen) atoms. The maximum Gasteiger partial charge on any atom is 0.136 e. The highest BCUT2D eigenvalue weighted by atomic mass is 32.1. The summed E-state index contributed by atoms with van der Waals surface area (Å²) in [5.74, 6) is 3.39. The molecule has 1 aliphatic rings. The molecule has 1 aliphatic carbocycles. The molecule has 0 saturated heterocycles. The van der Waals surface area contributed by atoms with Crippen molar-refractivity contribution in [2.75, 3.05) is 17.2 Å². The van der Waals surface area contributed by atoms with E-state index < -0.39 is 0 Å². The van der Waals surface area contributed by atoms with Gasteiger partial charge in [-0.25, -0.2) is 15.0 Å². The van der Waals surface area contributed by atoms with Gasteiger partial charge in [0.25, 0.3) is 0 Å². The molecule has 0 spiro atoms. The van der Waals surface area contributed by atoms with Crippen LogP contribution in [0.2, 0.25) is 0 Å². The van der Waals surface area contributed by atoms with Gasteiger partial charge in [-0.3, -0.25) is 0 Å². The average Bonchev–Trinajstić information content (AvgIpc) is 3.17. The van der Waals surface area contributed by atoms with Crippen molar-refractivity contribution >= 4 is 23.0 Å². The van der Waals surface area contributed by atoms with Gasteiger partial charge < -0.3 is 10.6 Å². The SMILES string of the molecule is CCNc1nc(C2CC2)nc(NCc2nccs2)c1C. The molecule has 0 aliphatic heterocycles. The molecule has 0 radical (unpaired) electrons. The molecule has 106 valence electrons. The minimum Gasteiger partial charge on any atom is -0.370 e. The van der Waals surface area contributed by atoms with Crippen LogP contribution in [0.1, 0.15) is 42.1 Å². The number of hydrogen-bond acceptors (Lipinski definition) is 6. The zero-order valence-corrected chi connectivity index (χ0v) is 12.6. The summed E-state index contributed by atoms with van der Waals surface area (Å²) in [6.07, 6.45) is 4.25. The van der Waals surface area contributed by atoms with E-state index in [1.165, 1.54) is 12.8 Å². The summed E-state index contributed by atoms with van der Waals surface area (Å²) in [6, 6.07) is 0. The summed E-state index contributed by atoms with van der Waals surface area (Å²) < 4.78 is 0. The van der Waals surface area contributed by atoms with Crippen LogP contribution in [0.15, 0.2) is 11.6 Å². The molecule has 2 aromatic heterocycles. The molecule has 0 bridgehead atoms. The van der Waals surface area contributed by atoms with E-state index in [0.29, 0.717) is 12.5 Å². The lowest BCUT2D eigenvalue weighted by atomic mass is 10.2. The zero-order chi connectivity index (χ0) is 13.9. The third-order valence-corrected chi connectivity index (χ3v) is 4.12. The predicted octanol–water partition coefficient (Wildman–Crippen LogP) is 3.16. The number of thiazole rings is 1. The Morgan fingerprint density at radius 1 is 1.25 bits per heavy atom. The minimum atomic E-state index is 0.549. The van der Waals surface area contributed by atoms with Crippen LogP contribution in [-0.4, -0.2) is 21.5 Å². The van der Waals surface area contributed by atoms with Crippen molar-refractivity contribution < 1.29 is 0 Å². The number of anilines is 2. The van der Waals surface area contributed by atoms with Gasteiger partial charge in [-0.15, -0.1) is 11.3 Å². The first-order valence-corrected chi connectivity index (χ1v) is 7.90. The molecule has 2 heterocycles. The first kappa shape index (κ1) is 13.3. The molecule has 1 fully saturated rings. The molecule has 2 N–H and O–H groups in total. The van der Waals surface area contributed by atoms with Crippen molar-refractivity contribution in [1.29, 1.82) is 0 Å². The van der Waals surface area contributed by atoms with Gasteiger partial charge in [0.1, 0.15) is 22.5 Å². The van der Waals surface area contributed by atoms with Gasteiger partial charge in [0.2, 0.25) is 0 Å². The Labute approximate surface area is 122 Å². The summed E-state index contributed by atoms with van der Waals surface area (Å²) in [5, 5.41) is 9.78. The monoisotopic (exact) mass is 289 g/mol. The van der Waals surface area contributed by atoms with Crippen LogP contribution in [0.3, 0.4) is 0 Å². The summed E-state index contributed by atoms with van der Waals surface area (Å²) in [4.78, 5) is 13.6. The highest BCUT2D eigenvalue weighted by Gasteiger charge is 2.28. The highest BCUT2D eigenvalue weighted by molar-refractivity contribution is 7.09. The molecular weight excluding hydrogens is 270 g/mol. The first-order valence-electron chi connectivity index (χ1n) is 7.02. The molecule has 1 saturated carbocycles. The topological polar surface area (TPSA) is 62.7 Å². The lowest BCUT2D eigenvalue weighted by Gasteiger charge is -2.14. The van der Waals surface area contributed by atoms with E-state index in [9.17, 15) is 0 Å². The third kappa shape index (κ3) is 2.90. The van der Waals surface area contributed by atoms with Gasteiger partial charge in [-0.05, 0) is 26.7 Å². The smallest absolute Gasteiger partial charge is 0.136 e. The van der Waals surface area contributed by atoms with Gasteiger partial charge in [-0.1, -0.05) is 0 Å². The fourth-order valence-corrected chi connectivity index (χ4v) is 2.63. The molecule has 0 aromatic carbocycles. The van der Waals surface area contributed by atoms with Gasteiger partial charge in [0.15, 0.2) is 0 Å². The van der Waals surface area contributed by atoms with E-state index in [-0.39, 0.29) is 0 Å². The van der Waals surface area contributed by atoms with Crippen molar-refractivity contribution in [1.82, 2.24) is 15.0 Å². The Morgan fingerprint density at radius 3 is 2.60 bits per heavy atom. The van der Waals surface area contributed by atoms with Gasteiger partial charge >= 0.3 is 0 Å². The molecule has 6 heteroatoms. The number of rotatable bonds is 6. The molecule has 2 aromatic rings. The molecule has 5 nitrogen and oxygen atoms in total. The molecule has 3 rings (SSSR count). The van der Waals surface area contributed by atoms with Crippen LogP contribution in [-0.2, 0) is 6.54 Å². The second-order valence-electron chi connectivity index (χ2n) is 4.99. The molecular formula is C14H19N5S. The number of aromatic nitrogens is 3. The van der Waals surface area contributed by atoms with Crippen LogP contribution in [0.25, 0.3) is 0 Å². The van der Waals surface area contributed by atoms with Gasteiger partial charge in [0.05, 0.1) is 6.54 Å². The van der Waals surface area contributed by atoms with Crippen molar-refractivity contribution in [3.63, 3.8) is 0 Å². The van der Waals surface area contributed by atoms with Crippen molar-refractivity contribution in [2.24, 2.45) is 0 Å². The van der Waals surface area contributed by atoms with Crippen molar-refractivity contribution in [3.05, 3.63) is 28.0 Å². The van der Waals surface area contributed by atoms with Crippen LogP contribution in [0, 0.1) is 6.92 Å². The Bertz CT molecular complexity index is 578. The summed E-state index contributed by atoms with van der Waals surface area (Å²) in [6.45, 7) is 5.72. The fraction of sp³-hybridized carbons (Fsp3) is 0.500. The average molecular weight is 289 g/mol. The highest BCUT2D eigenvalue weighted by Crippen LogP contribution is 2.39. The van der Waals surface area contributed by atoms with Crippen molar-refractivity contribution in [2.45, 2.75) is 39.2 Å². The Morgan fingerprint density at radius 2 is 2.00 bits per heavy atom. The Hall–Kier alpha value is -1.69. The standard InChI is InChI=1S/C14H19N5S/c1-3-15-12-9(2)13(17-8-11-16-6-7-20-11)19-14(18-12)10-4-5-10/h6-7,10H,3-5,8H2,1-2H3,(H2,15,17,18,19). The lowest BCUT2D eigenvalue weighted by molar-refractivity contribution is 0.908. The second kappa shape index (κ2) is 5.75. The number of nitrogens with zero attached hydrogens (tertiary/aromatic N) is 3. The van der Waals surface area contributed by atoms with Crippen LogP contribution >= 0.6 is 11.3 Å². The predicted molar refractivity (Wildman–Crippen MR) is 82.3 cm³/mol. The van der Waals surface area contributed by atoms with E-state index >= 15 is 0 Å². The fourth-order valence-electron chi connectivity index (χ4n) is 2.07. The third-order valence-electron chi connectivity index (χ3n) is 3.34. The molecule has 0 unspecified atom stereocenters. The maximum absolute atomic E-state index is 4.69. The quantitative estimate of drug-likeness (QED) is 0.855. The maximum atomic E-state index is 4.69. The van der Waals surface area contributed by atoms with E-state index in [4.69, 9.17) is 4.98 Å². The number of nitrogens with one attached hydrogen (secondary N) is 2. The number of hydrogen-bond donors (Lipinski definition) is 2.